The van der Waals surface area contributed by atoms with Crippen LogP contribution in [0, 0.1) is 0 Å². The first-order valence-electron chi connectivity index (χ1n) is 5.62. The first-order chi connectivity index (χ1) is 7.81. The number of benzene rings is 1. The van der Waals surface area contributed by atoms with Crippen LogP contribution >= 0.6 is 0 Å². The number of likely N-dealkylation sites (N-methyl/N-ethyl adjacent to an activating group) is 1. The second-order valence-electron chi connectivity index (χ2n) is 3.89. The molecule has 88 valence electrons. The number of hydrogen-bond donors (Lipinski definition) is 1. The van der Waals surface area contributed by atoms with Crippen LogP contribution < -0.4 is 20.1 Å². The standard InChI is InChI=1S/C12H18N2O2/c1-14-6-8-16-12-4-3-10(9-11(12)14)15-7-2-5-13/h3-4,9H,2,5-8,13H2,1H3. The van der Waals surface area contributed by atoms with Gasteiger partial charge in [0.1, 0.15) is 18.1 Å². The molecule has 16 heavy (non-hydrogen) atoms. The summed E-state index contributed by atoms with van der Waals surface area (Å²) in [6, 6.07) is 5.92. The highest BCUT2D eigenvalue weighted by Crippen LogP contribution is 2.33. The predicted octanol–water partition coefficient (Wildman–Crippen LogP) is 1.24. The number of fused-ring (bicyclic) bond motifs is 1. The van der Waals surface area contributed by atoms with Crippen molar-refractivity contribution in [2.24, 2.45) is 5.73 Å². The maximum atomic E-state index is 5.60. The maximum absolute atomic E-state index is 5.60. The summed E-state index contributed by atoms with van der Waals surface area (Å²) in [6.07, 6.45) is 0.878. The van der Waals surface area contributed by atoms with E-state index >= 15 is 0 Å². The van der Waals surface area contributed by atoms with Gasteiger partial charge < -0.3 is 20.1 Å². The molecule has 1 aliphatic heterocycles. The second-order valence-corrected chi connectivity index (χ2v) is 3.89. The molecule has 1 aliphatic rings. The van der Waals surface area contributed by atoms with Crippen LogP contribution in [-0.4, -0.2) is 33.4 Å². The molecule has 0 amide bonds. The monoisotopic (exact) mass is 222 g/mol. The summed E-state index contributed by atoms with van der Waals surface area (Å²) < 4.78 is 11.2. The average Bonchev–Trinajstić information content (AvgIpc) is 2.30. The van der Waals surface area contributed by atoms with Crippen LogP contribution in [-0.2, 0) is 0 Å². The maximum Gasteiger partial charge on any atom is 0.142 e. The molecule has 4 heteroatoms. The number of hydrogen-bond acceptors (Lipinski definition) is 4. The molecule has 0 fully saturated rings. The first kappa shape index (κ1) is 11.1. The molecule has 0 unspecified atom stereocenters. The third-order valence-electron chi connectivity index (χ3n) is 2.64. The number of rotatable bonds is 4. The summed E-state index contributed by atoms with van der Waals surface area (Å²) in [4.78, 5) is 2.18. The Morgan fingerprint density at radius 2 is 2.38 bits per heavy atom. The Bertz CT molecular complexity index is 355. The lowest BCUT2D eigenvalue weighted by molar-refractivity contribution is 0.302. The summed E-state index contributed by atoms with van der Waals surface area (Å²) in [7, 11) is 2.06. The number of nitrogens with two attached hydrogens (primary N) is 1. The Morgan fingerprint density at radius 1 is 1.50 bits per heavy atom. The van der Waals surface area contributed by atoms with Gasteiger partial charge in [-0.25, -0.2) is 0 Å². The van der Waals surface area contributed by atoms with Gasteiger partial charge in [0.15, 0.2) is 0 Å². The summed E-state index contributed by atoms with van der Waals surface area (Å²) in [5, 5.41) is 0. The molecule has 0 atom stereocenters. The van der Waals surface area contributed by atoms with Gasteiger partial charge in [-0.15, -0.1) is 0 Å². The van der Waals surface area contributed by atoms with E-state index in [4.69, 9.17) is 15.2 Å². The van der Waals surface area contributed by atoms with E-state index in [0.29, 0.717) is 13.2 Å². The Kier molecular flexibility index (Phi) is 3.51. The Labute approximate surface area is 95.9 Å². The molecule has 2 N–H and O–H groups in total. The van der Waals surface area contributed by atoms with Crippen LogP contribution in [0.25, 0.3) is 0 Å². The third-order valence-corrected chi connectivity index (χ3v) is 2.64. The topological polar surface area (TPSA) is 47.7 Å². The van der Waals surface area contributed by atoms with E-state index in [1.807, 2.05) is 18.2 Å². The van der Waals surface area contributed by atoms with E-state index in [1.54, 1.807) is 0 Å². The van der Waals surface area contributed by atoms with E-state index in [1.165, 1.54) is 0 Å². The summed E-state index contributed by atoms with van der Waals surface area (Å²) >= 11 is 0. The molecule has 4 nitrogen and oxygen atoms in total. The second kappa shape index (κ2) is 5.07. The molecule has 0 aliphatic carbocycles. The van der Waals surface area contributed by atoms with Crippen LogP contribution in [0.5, 0.6) is 11.5 Å². The van der Waals surface area contributed by atoms with Crippen LogP contribution in [0.3, 0.4) is 0 Å². The number of ether oxygens (including phenoxy) is 2. The van der Waals surface area contributed by atoms with Crippen molar-refractivity contribution in [2.45, 2.75) is 6.42 Å². The smallest absolute Gasteiger partial charge is 0.142 e. The van der Waals surface area contributed by atoms with Gasteiger partial charge >= 0.3 is 0 Å². The highest BCUT2D eigenvalue weighted by molar-refractivity contribution is 5.62. The van der Waals surface area contributed by atoms with Gasteiger partial charge in [0.2, 0.25) is 0 Å². The summed E-state index contributed by atoms with van der Waals surface area (Å²) in [5.74, 6) is 1.81. The molecule has 0 spiro atoms. The van der Waals surface area contributed by atoms with Crippen LogP contribution in [0.2, 0.25) is 0 Å². The van der Waals surface area contributed by atoms with Gasteiger partial charge in [-0.05, 0) is 25.1 Å². The van der Waals surface area contributed by atoms with Crippen molar-refractivity contribution in [2.75, 3.05) is 38.3 Å². The third kappa shape index (κ3) is 2.39. The predicted molar refractivity (Wildman–Crippen MR) is 64.4 cm³/mol. The van der Waals surface area contributed by atoms with Gasteiger partial charge in [-0.1, -0.05) is 0 Å². The molecule has 0 aromatic heterocycles. The molecule has 0 bridgehead atoms. The Morgan fingerprint density at radius 3 is 3.19 bits per heavy atom. The highest BCUT2D eigenvalue weighted by Gasteiger charge is 2.15. The average molecular weight is 222 g/mol. The zero-order chi connectivity index (χ0) is 11.4. The first-order valence-corrected chi connectivity index (χ1v) is 5.62. The van der Waals surface area contributed by atoms with Crippen molar-refractivity contribution >= 4 is 5.69 Å². The van der Waals surface area contributed by atoms with E-state index in [-0.39, 0.29) is 0 Å². The molecular weight excluding hydrogens is 204 g/mol. The van der Waals surface area contributed by atoms with Gasteiger partial charge in [-0.3, -0.25) is 0 Å². The minimum absolute atomic E-state index is 0.661. The quantitative estimate of drug-likeness (QED) is 0.779. The van der Waals surface area contributed by atoms with Crippen LogP contribution in [0.1, 0.15) is 6.42 Å². The van der Waals surface area contributed by atoms with Crippen molar-refractivity contribution < 1.29 is 9.47 Å². The minimum atomic E-state index is 0.661. The van der Waals surface area contributed by atoms with E-state index in [2.05, 4.69) is 11.9 Å². The molecular formula is C12H18N2O2. The van der Waals surface area contributed by atoms with Crippen molar-refractivity contribution in [3.8, 4) is 11.5 Å². The van der Waals surface area contributed by atoms with Gasteiger partial charge in [0.25, 0.3) is 0 Å². The SMILES string of the molecule is CN1CCOc2ccc(OCCCN)cc21. The fourth-order valence-corrected chi connectivity index (χ4v) is 1.69. The van der Waals surface area contributed by atoms with Gasteiger partial charge in [-0.2, -0.15) is 0 Å². The molecule has 0 saturated heterocycles. The lowest BCUT2D eigenvalue weighted by Crippen LogP contribution is -2.28. The zero-order valence-electron chi connectivity index (χ0n) is 9.61. The lowest BCUT2D eigenvalue weighted by atomic mass is 10.2. The van der Waals surface area contributed by atoms with Gasteiger partial charge in [0.05, 0.1) is 18.8 Å². The fourth-order valence-electron chi connectivity index (χ4n) is 1.69. The fraction of sp³-hybridized carbons (Fsp3) is 0.500. The minimum Gasteiger partial charge on any atom is -0.493 e. The normalized spacial score (nSPS) is 14.2. The molecule has 1 heterocycles. The molecule has 0 radical (unpaired) electrons. The van der Waals surface area contributed by atoms with Crippen molar-refractivity contribution in [1.29, 1.82) is 0 Å². The van der Waals surface area contributed by atoms with Gasteiger partial charge in [0, 0.05) is 13.1 Å². The Balaban J connectivity index is 2.08. The van der Waals surface area contributed by atoms with E-state index in [9.17, 15) is 0 Å². The van der Waals surface area contributed by atoms with Crippen LogP contribution in [0.15, 0.2) is 18.2 Å². The summed E-state index contributed by atoms with van der Waals surface area (Å²) in [5.41, 5.74) is 6.51. The largest absolute Gasteiger partial charge is 0.493 e. The molecule has 1 aromatic rings. The van der Waals surface area contributed by atoms with E-state index < -0.39 is 0 Å². The Hall–Kier alpha value is -1.42. The number of anilines is 1. The number of nitrogens with zero attached hydrogens (tertiary/aromatic N) is 1. The lowest BCUT2D eigenvalue weighted by Gasteiger charge is -2.27. The van der Waals surface area contributed by atoms with E-state index in [0.717, 1.165) is 36.8 Å². The summed E-state index contributed by atoms with van der Waals surface area (Å²) in [6.45, 7) is 2.99. The molecule has 2 rings (SSSR count). The zero-order valence-corrected chi connectivity index (χ0v) is 9.61. The van der Waals surface area contributed by atoms with Crippen molar-refractivity contribution in [1.82, 2.24) is 0 Å². The van der Waals surface area contributed by atoms with Crippen LogP contribution in [0.4, 0.5) is 5.69 Å². The molecule has 1 aromatic carbocycles. The molecule has 0 saturated carbocycles. The van der Waals surface area contributed by atoms with Crippen molar-refractivity contribution in [3.05, 3.63) is 18.2 Å². The van der Waals surface area contributed by atoms with Crippen molar-refractivity contribution in [3.63, 3.8) is 0 Å². The highest BCUT2D eigenvalue weighted by atomic mass is 16.5.